The molecule has 2 aromatic rings. The van der Waals surface area contributed by atoms with Crippen LogP contribution in [-0.2, 0) is 4.79 Å². The number of aliphatic imine (C=N–C) groups is 1. The number of carbonyl (C=O) groups is 1. The van der Waals surface area contributed by atoms with Gasteiger partial charge in [-0.25, -0.2) is 4.99 Å². The van der Waals surface area contributed by atoms with Gasteiger partial charge in [-0.2, -0.15) is 0 Å². The molecule has 6 nitrogen and oxygen atoms in total. The van der Waals surface area contributed by atoms with Gasteiger partial charge in [-0.05, 0) is 54.6 Å². The lowest BCUT2D eigenvalue weighted by atomic mass is 10.1. The van der Waals surface area contributed by atoms with Crippen molar-refractivity contribution in [2.45, 2.75) is 0 Å². The van der Waals surface area contributed by atoms with E-state index < -0.39 is 0 Å². The molecule has 0 atom stereocenters. The molecule has 0 heterocycles. The van der Waals surface area contributed by atoms with E-state index in [9.17, 15) is 4.79 Å². The van der Waals surface area contributed by atoms with Crippen LogP contribution in [0.3, 0.4) is 0 Å². The zero-order chi connectivity index (χ0) is 17.1. The average molecular weight is 319 g/mol. The maximum absolute atomic E-state index is 12.1. The van der Waals surface area contributed by atoms with E-state index in [0.29, 0.717) is 34.2 Å². The van der Waals surface area contributed by atoms with Crippen molar-refractivity contribution in [2.24, 2.45) is 10.7 Å². The van der Waals surface area contributed by atoms with Crippen molar-refractivity contribution in [1.82, 2.24) is 0 Å². The number of nitrogens with one attached hydrogen (secondary N) is 1. The molecule has 0 radical (unpaired) electrons. The molecule has 0 aromatic heterocycles. The minimum Gasteiger partial charge on any atom is -0.399 e. The zero-order valence-corrected chi connectivity index (χ0v) is 12.9. The second-order valence-corrected chi connectivity index (χ2v) is 5.36. The highest BCUT2D eigenvalue weighted by Gasteiger charge is 2.17. The number of ketones is 1. The first-order chi connectivity index (χ1) is 11.5. The molecule has 0 aliphatic heterocycles. The Labute approximate surface area is 139 Å². The second-order valence-electron chi connectivity index (χ2n) is 5.36. The summed E-state index contributed by atoms with van der Waals surface area (Å²) >= 11 is 0. The van der Waals surface area contributed by atoms with Gasteiger partial charge in [0.2, 0.25) is 5.78 Å². The normalized spacial score (nSPS) is 15.8. The minimum atomic E-state index is -0.208. The van der Waals surface area contributed by atoms with Crippen LogP contribution < -0.4 is 22.5 Å². The fourth-order valence-corrected chi connectivity index (χ4v) is 2.19. The van der Waals surface area contributed by atoms with Crippen LogP contribution in [0.2, 0.25) is 0 Å². The average Bonchev–Trinajstić information content (AvgIpc) is 2.56. The summed E-state index contributed by atoms with van der Waals surface area (Å²) in [5.41, 5.74) is 21.2. The third kappa shape index (κ3) is 3.44. The number of nitrogen functional groups attached to an aromatic ring is 2. The van der Waals surface area contributed by atoms with Gasteiger partial charge in [-0.15, -0.1) is 0 Å². The molecule has 0 saturated carbocycles. The molecule has 3 rings (SSSR count). The summed E-state index contributed by atoms with van der Waals surface area (Å²) in [6.45, 7) is 0. The molecule has 0 spiro atoms. The Bertz CT molecular complexity index is 861. The molecule has 0 bridgehead atoms. The first-order valence-electron chi connectivity index (χ1n) is 7.31. The van der Waals surface area contributed by atoms with E-state index in [2.05, 4.69) is 10.3 Å². The van der Waals surface area contributed by atoms with E-state index in [0.717, 1.165) is 5.69 Å². The van der Waals surface area contributed by atoms with E-state index in [1.807, 2.05) is 0 Å². The molecule has 0 saturated heterocycles. The number of carbonyl (C=O) groups excluding carboxylic acids is 1. The van der Waals surface area contributed by atoms with Crippen LogP contribution in [0, 0.1) is 0 Å². The summed E-state index contributed by atoms with van der Waals surface area (Å²) in [4.78, 5) is 16.6. The maximum atomic E-state index is 12.1. The molecule has 7 N–H and O–H groups in total. The molecule has 24 heavy (non-hydrogen) atoms. The maximum Gasteiger partial charge on any atom is 0.204 e. The quantitative estimate of drug-likeness (QED) is 0.511. The van der Waals surface area contributed by atoms with E-state index in [1.165, 1.54) is 6.08 Å². The van der Waals surface area contributed by atoms with E-state index in [1.54, 1.807) is 54.6 Å². The largest absolute Gasteiger partial charge is 0.399 e. The third-order valence-corrected chi connectivity index (χ3v) is 3.46. The highest BCUT2D eigenvalue weighted by Crippen LogP contribution is 2.20. The molecule has 6 heteroatoms. The van der Waals surface area contributed by atoms with E-state index in [-0.39, 0.29) is 5.78 Å². The first-order valence-corrected chi connectivity index (χ1v) is 7.31. The summed E-state index contributed by atoms with van der Waals surface area (Å²) in [5, 5.41) is 3.06. The van der Waals surface area contributed by atoms with Crippen LogP contribution in [0.1, 0.15) is 0 Å². The Kier molecular flexibility index (Phi) is 4.03. The van der Waals surface area contributed by atoms with Gasteiger partial charge in [0.1, 0.15) is 0 Å². The molecule has 0 unspecified atom stereocenters. The Hall–Kier alpha value is -3.54. The predicted octanol–water partition coefficient (Wildman–Crippen LogP) is 2.34. The number of nitrogens with two attached hydrogens (primary N) is 3. The van der Waals surface area contributed by atoms with Crippen LogP contribution in [0.5, 0.6) is 0 Å². The lowest BCUT2D eigenvalue weighted by molar-refractivity contribution is -0.111. The Morgan fingerprint density at radius 3 is 2.00 bits per heavy atom. The van der Waals surface area contributed by atoms with Gasteiger partial charge >= 0.3 is 0 Å². The molecular weight excluding hydrogens is 302 g/mol. The summed E-state index contributed by atoms with van der Waals surface area (Å²) < 4.78 is 0. The van der Waals surface area contributed by atoms with Crippen molar-refractivity contribution < 1.29 is 4.79 Å². The topological polar surface area (TPSA) is 120 Å². The second kappa shape index (κ2) is 6.29. The highest BCUT2D eigenvalue weighted by atomic mass is 16.1. The van der Waals surface area contributed by atoms with Crippen LogP contribution in [0.25, 0.3) is 0 Å². The SMILES string of the molecule is NC1=CC(=O)C(Nc2ccc(N)cc2)=C/C1=N/c1ccc(N)cc1. The number of benzene rings is 2. The fourth-order valence-electron chi connectivity index (χ4n) is 2.19. The molecular formula is C18H17N5O. The van der Waals surface area contributed by atoms with Gasteiger partial charge < -0.3 is 22.5 Å². The monoisotopic (exact) mass is 319 g/mol. The molecule has 2 aromatic carbocycles. The van der Waals surface area contributed by atoms with Crippen molar-refractivity contribution in [2.75, 3.05) is 16.8 Å². The Morgan fingerprint density at radius 1 is 0.792 bits per heavy atom. The van der Waals surface area contributed by atoms with Crippen molar-refractivity contribution in [1.29, 1.82) is 0 Å². The van der Waals surface area contributed by atoms with Crippen LogP contribution in [0.15, 0.2) is 77.1 Å². The summed E-state index contributed by atoms with van der Waals surface area (Å²) in [5.74, 6) is -0.208. The van der Waals surface area contributed by atoms with Gasteiger partial charge in [0.05, 0.1) is 22.8 Å². The number of allylic oxidation sites excluding steroid dienone is 2. The van der Waals surface area contributed by atoms with Crippen molar-refractivity contribution in [3.8, 4) is 0 Å². The van der Waals surface area contributed by atoms with Gasteiger partial charge in [0.15, 0.2) is 0 Å². The number of hydrogen-bond acceptors (Lipinski definition) is 6. The van der Waals surface area contributed by atoms with Gasteiger partial charge in [0.25, 0.3) is 0 Å². The number of anilines is 3. The van der Waals surface area contributed by atoms with E-state index >= 15 is 0 Å². The third-order valence-electron chi connectivity index (χ3n) is 3.46. The molecule has 0 fully saturated rings. The van der Waals surface area contributed by atoms with Crippen LogP contribution >= 0.6 is 0 Å². The van der Waals surface area contributed by atoms with Crippen LogP contribution in [-0.4, -0.2) is 11.5 Å². The van der Waals surface area contributed by atoms with Crippen molar-refractivity contribution >= 4 is 34.2 Å². The molecule has 120 valence electrons. The minimum absolute atomic E-state index is 0.208. The van der Waals surface area contributed by atoms with Crippen molar-refractivity contribution in [3.63, 3.8) is 0 Å². The molecule has 1 aliphatic carbocycles. The summed E-state index contributed by atoms with van der Waals surface area (Å²) in [7, 11) is 0. The number of hydrogen-bond donors (Lipinski definition) is 4. The fraction of sp³-hybridized carbons (Fsp3) is 0. The lowest BCUT2D eigenvalue weighted by Crippen LogP contribution is -2.22. The number of nitrogens with zero attached hydrogens (tertiary/aromatic N) is 1. The number of rotatable bonds is 3. The highest BCUT2D eigenvalue weighted by molar-refractivity contribution is 6.23. The van der Waals surface area contributed by atoms with Gasteiger partial charge in [-0.1, -0.05) is 0 Å². The summed E-state index contributed by atoms with van der Waals surface area (Å²) in [6.07, 6.45) is 2.99. The first kappa shape index (κ1) is 15.4. The lowest BCUT2D eigenvalue weighted by Gasteiger charge is -2.14. The Morgan fingerprint density at radius 2 is 1.38 bits per heavy atom. The molecule has 1 aliphatic rings. The summed E-state index contributed by atoms with van der Waals surface area (Å²) in [6, 6.07) is 14.2. The van der Waals surface area contributed by atoms with Crippen molar-refractivity contribution in [3.05, 3.63) is 72.1 Å². The van der Waals surface area contributed by atoms with Gasteiger partial charge in [-0.3, -0.25) is 4.79 Å². The Balaban J connectivity index is 1.90. The van der Waals surface area contributed by atoms with Crippen LogP contribution in [0.4, 0.5) is 22.7 Å². The standard InChI is InChI=1S/C18H17N5O/c19-11-1-5-13(6-2-11)22-16-10-17(18(24)9-15(16)21)23-14-7-3-12(20)4-8-14/h1-10,23H,19-21H2/b22-16-. The smallest absolute Gasteiger partial charge is 0.204 e. The predicted molar refractivity (Wildman–Crippen MR) is 97.8 cm³/mol. The van der Waals surface area contributed by atoms with Gasteiger partial charge in [0, 0.05) is 23.1 Å². The van der Waals surface area contributed by atoms with E-state index in [4.69, 9.17) is 17.2 Å². The molecule has 0 amide bonds. The zero-order valence-electron chi connectivity index (χ0n) is 12.9.